The molecule has 1 N–H and O–H groups in total. The molecule has 22 heavy (non-hydrogen) atoms. The van der Waals surface area contributed by atoms with Crippen LogP contribution in [0.4, 0.5) is 5.69 Å². The van der Waals surface area contributed by atoms with Gasteiger partial charge in [-0.1, -0.05) is 46.9 Å². The van der Waals surface area contributed by atoms with E-state index in [0.717, 1.165) is 11.1 Å². The second-order valence-electron chi connectivity index (χ2n) is 4.93. The van der Waals surface area contributed by atoms with Crippen LogP contribution in [0.1, 0.15) is 16.7 Å². The number of aryl methyl sites for hydroxylation is 2. The number of hydrogen-bond acceptors (Lipinski definition) is 1. The maximum atomic E-state index is 12.0. The fourth-order valence-electron chi connectivity index (χ4n) is 2.04. The van der Waals surface area contributed by atoms with Gasteiger partial charge in [-0.05, 0) is 54.8 Å². The molecule has 0 radical (unpaired) electrons. The number of halogens is 3. The van der Waals surface area contributed by atoms with Crippen molar-refractivity contribution >= 4 is 52.5 Å². The quantitative estimate of drug-likeness (QED) is 0.681. The Labute approximate surface area is 144 Å². The van der Waals surface area contributed by atoms with Gasteiger partial charge in [0, 0.05) is 16.1 Å². The average molecular weight is 355 g/mol. The van der Waals surface area contributed by atoms with E-state index in [2.05, 4.69) is 5.32 Å². The lowest BCUT2D eigenvalue weighted by atomic mass is 10.1. The number of rotatable bonds is 3. The van der Waals surface area contributed by atoms with Crippen LogP contribution in [0.15, 0.2) is 36.4 Å². The van der Waals surface area contributed by atoms with E-state index in [1.165, 1.54) is 6.08 Å². The van der Waals surface area contributed by atoms with Gasteiger partial charge in [-0.25, -0.2) is 0 Å². The monoisotopic (exact) mass is 353 g/mol. The van der Waals surface area contributed by atoms with Crippen molar-refractivity contribution in [1.29, 1.82) is 0 Å². The van der Waals surface area contributed by atoms with Gasteiger partial charge in [0.05, 0.1) is 10.7 Å². The molecule has 0 spiro atoms. The second kappa shape index (κ2) is 7.19. The third-order valence-electron chi connectivity index (χ3n) is 3.06. The molecule has 0 aliphatic heterocycles. The van der Waals surface area contributed by atoms with Crippen LogP contribution in [0.3, 0.4) is 0 Å². The minimum absolute atomic E-state index is 0.278. The molecular formula is C17H14Cl3NO. The first-order valence-corrected chi connectivity index (χ1v) is 7.71. The highest BCUT2D eigenvalue weighted by atomic mass is 35.5. The average Bonchev–Trinajstić information content (AvgIpc) is 2.42. The van der Waals surface area contributed by atoms with E-state index in [4.69, 9.17) is 34.8 Å². The molecule has 2 aromatic rings. The lowest BCUT2D eigenvalue weighted by Crippen LogP contribution is -2.09. The van der Waals surface area contributed by atoms with Gasteiger partial charge in [0.2, 0.25) is 5.91 Å². The minimum atomic E-state index is -0.278. The Balaban J connectivity index is 2.15. The third-order valence-corrected chi connectivity index (χ3v) is 3.92. The van der Waals surface area contributed by atoms with E-state index >= 15 is 0 Å². The van der Waals surface area contributed by atoms with Crippen molar-refractivity contribution in [2.45, 2.75) is 13.8 Å². The van der Waals surface area contributed by atoms with Crippen molar-refractivity contribution in [3.63, 3.8) is 0 Å². The molecule has 0 aliphatic carbocycles. The summed E-state index contributed by atoms with van der Waals surface area (Å²) in [7, 11) is 0. The van der Waals surface area contributed by atoms with Crippen LogP contribution in [0.2, 0.25) is 15.1 Å². The van der Waals surface area contributed by atoms with Crippen molar-refractivity contribution in [2.24, 2.45) is 0 Å². The molecule has 2 nitrogen and oxygen atoms in total. The SMILES string of the molecule is Cc1cc(C)c(NC(=O)C=Cc2ccc(Cl)cc2Cl)c(Cl)c1. The van der Waals surface area contributed by atoms with Crippen LogP contribution in [0.5, 0.6) is 0 Å². The zero-order chi connectivity index (χ0) is 16.3. The molecule has 0 saturated carbocycles. The standard InChI is InChI=1S/C17H14Cl3NO/c1-10-7-11(2)17(15(20)8-10)21-16(22)6-4-12-3-5-13(18)9-14(12)19/h3-9H,1-2H3,(H,21,22). The molecule has 0 aliphatic rings. The first-order chi connectivity index (χ1) is 10.4. The number of benzene rings is 2. The van der Waals surface area contributed by atoms with Crippen LogP contribution >= 0.6 is 34.8 Å². The van der Waals surface area contributed by atoms with Crippen LogP contribution in [-0.2, 0) is 4.79 Å². The maximum Gasteiger partial charge on any atom is 0.248 e. The molecule has 0 aromatic heterocycles. The molecule has 0 fully saturated rings. The third kappa shape index (κ3) is 4.26. The zero-order valence-corrected chi connectivity index (χ0v) is 14.4. The summed E-state index contributed by atoms with van der Waals surface area (Å²) in [4.78, 5) is 12.0. The van der Waals surface area contributed by atoms with Gasteiger partial charge in [-0.15, -0.1) is 0 Å². The fourth-order valence-corrected chi connectivity index (χ4v) is 2.88. The minimum Gasteiger partial charge on any atom is -0.321 e. The molecule has 114 valence electrons. The summed E-state index contributed by atoms with van der Waals surface area (Å²) in [6.45, 7) is 3.85. The lowest BCUT2D eigenvalue weighted by Gasteiger charge is -2.10. The van der Waals surface area contributed by atoms with E-state index in [-0.39, 0.29) is 5.91 Å². The van der Waals surface area contributed by atoms with Crippen molar-refractivity contribution < 1.29 is 4.79 Å². The highest BCUT2D eigenvalue weighted by molar-refractivity contribution is 6.35. The summed E-state index contributed by atoms with van der Waals surface area (Å²) in [5.41, 5.74) is 3.29. The molecule has 0 unspecified atom stereocenters. The highest BCUT2D eigenvalue weighted by Crippen LogP contribution is 2.27. The molecule has 0 bridgehead atoms. The molecule has 2 rings (SSSR count). The first-order valence-electron chi connectivity index (χ1n) is 6.57. The van der Waals surface area contributed by atoms with Gasteiger partial charge in [0.15, 0.2) is 0 Å². The first kappa shape index (κ1) is 16.9. The summed E-state index contributed by atoms with van der Waals surface area (Å²) in [5.74, 6) is -0.278. The van der Waals surface area contributed by atoms with Crippen LogP contribution in [0, 0.1) is 13.8 Å². The second-order valence-corrected chi connectivity index (χ2v) is 6.18. The molecule has 0 heterocycles. The largest absolute Gasteiger partial charge is 0.321 e. The molecule has 5 heteroatoms. The fraction of sp³-hybridized carbons (Fsp3) is 0.118. The van der Waals surface area contributed by atoms with Gasteiger partial charge in [0.1, 0.15) is 0 Å². The van der Waals surface area contributed by atoms with Crippen molar-refractivity contribution in [3.05, 3.63) is 68.2 Å². The van der Waals surface area contributed by atoms with E-state index in [9.17, 15) is 4.79 Å². The number of amides is 1. The summed E-state index contributed by atoms with van der Waals surface area (Å²) < 4.78 is 0. The molecule has 0 saturated heterocycles. The van der Waals surface area contributed by atoms with Crippen molar-refractivity contribution in [3.8, 4) is 0 Å². The topological polar surface area (TPSA) is 29.1 Å². The Morgan fingerprint density at radius 1 is 1.05 bits per heavy atom. The Morgan fingerprint density at radius 3 is 2.41 bits per heavy atom. The van der Waals surface area contributed by atoms with Gasteiger partial charge in [-0.2, -0.15) is 0 Å². The number of carbonyl (C=O) groups excluding carboxylic acids is 1. The van der Waals surface area contributed by atoms with Crippen LogP contribution < -0.4 is 5.32 Å². The van der Waals surface area contributed by atoms with Crippen molar-refractivity contribution in [1.82, 2.24) is 0 Å². The van der Waals surface area contributed by atoms with E-state index in [1.54, 1.807) is 24.3 Å². The van der Waals surface area contributed by atoms with E-state index in [1.807, 2.05) is 26.0 Å². The number of nitrogens with one attached hydrogen (secondary N) is 1. The normalized spacial score (nSPS) is 11.0. The predicted octanol–water partition coefficient (Wildman–Crippen LogP) is 5.92. The molecule has 2 aromatic carbocycles. The Bertz CT molecular complexity index is 731. The number of hydrogen-bond donors (Lipinski definition) is 1. The van der Waals surface area contributed by atoms with Gasteiger partial charge in [0.25, 0.3) is 0 Å². The van der Waals surface area contributed by atoms with Crippen LogP contribution in [0.25, 0.3) is 6.08 Å². The highest BCUT2D eigenvalue weighted by Gasteiger charge is 2.07. The summed E-state index contributed by atoms with van der Waals surface area (Å²) in [6.07, 6.45) is 3.04. The van der Waals surface area contributed by atoms with Gasteiger partial charge >= 0.3 is 0 Å². The summed E-state index contributed by atoms with van der Waals surface area (Å²) in [5, 5.41) is 4.33. The predicted molar refractivity (Wildman–Crippen MR) is 95.1 cm³/mol. The number of carbonyl (C=O) groups is 1. The van der Waals surface area contributed by atoms with E-state index in [0.29, 0.717) is 26.3 Å². The Morgan fingerprint density at radius 2 is 1.77 bits per heavy atom. The summed E-state index contributed by atoms with van der Waals surface area (Å²) >= 11 is 18.0. The van der Waals surface area contributed by atoms with Crippen molar-refractivity contribution in [2.75, 3.05) is 5.32 Å². The molecule has 0 atom stereocenters. The smallest absolute Gasteiger partial charge is 0.248 e. The zero-order valence-electron chi connectivity index (χ0n) is 12.1. The van der Waals surface area contributed by atoms with Gasteiger partial charge in [-0.3, -0.25) is 4.79 Å². The molecular weight excluding hydrogens is 341 g/mol. The molecule has 1 amide bonds. The summed E-state index contributed by atoms with van der Waals surface area (Å²) in [6, 6.07) is 8.86. The maximum absolute atomic E-state index is 12.0. The van der Waals surface area contributed by atoms with Gasteiger partial charge < -0.3 is 5.32 Å². The lowest BCUT2D eigenvalue weighted by molar-refractivity contribution is -0.111. The number of anilines is 1. The Kier molecular flexibility index (Phi) is 5.52. The van der Waals surface area contributed by atoms with E-state index < -0.39 is 0 Å². The Hall–Kier alpha value is -1.48. The van der Waals surface area contributed by atoms with Crippen LogP contribution in [-0.4, -0.2) is 5.91 Å².